The zero-order valence-electron chi connectivity index (χ0n) is 11.5. The quantitative estimate of drug-likeness (QED) is 0.870. The van der Waals surface area contributed by atoms with E-state index in [0.717, 1.165) is 0 Å². The number of rotatable bonds is 5. The molecule has 0 spiro atoms. The van der Waals surface area contributed by atoms with Crippen molar-refractivity contribution in [2.75, 3.05) is 6.61 Å². The highest BCUT2D eigenvalue weighted by atomic mass is 19.1. The zero-order valence-corrected chi connectivity index (χ0v) is 11.5. The number of ether oxygens (including phenoxy) is 1. The number of amides is 1. The first-order valence-corrected chi connectivity index (χ1v) is 6.95. The van der Waals surface area contributed by atoms with Gasteiger partial charge in [0.05, 0.1) is 5.92 Å². The fourth-order valence-electron chi connectivity index (χ4n) is 2.43. The van der Waals surface area contributed by atoms with Gasteiger partial charge in [-0.1, -0.05) is 0 Å². The smallest absolute Gasteiger partial charge is 0.306 e. The number of carbonyl (C=O) groups is 2. The van der Waals surface area contributed by atoms with E-state index >= 15 is 0 Å². The molecule has 21 heavy (non-hydrogen) atoms. The van der Waals surface area contributed by atoms with Gasteiger partial charge in [-0.25, -0.2) is 4.39 Å². The molecule has 0 heterocycles. The van der Waals surface area contributed by atoms with Crippen LogP contribution in [0.5, 0.6) is 5.75 Å². The minimum Gasteiger partial charge on any atom is -0.484 e. The van der Waals surface area contributed by atoms with E-state index in [1.807, 2.05) is 0 Å². The summed E-state index contributed by atoms with van der Waals surface area (Å²) in [6, 6.07) is 5.45. The average Bonchev–Trinajstić information content (AvgIpc) is 2.47. The van der Waals surface area contributed by atoms with Crippen molar-refractivity contribution in [3.63, 3.8) is 0 Å². The van der Waals surface area contributed by atoms with Crippen molar-refractivity contribution in [3.05, 3.63) is 30.1 Å². The van der Waals surface area contributed by atoms with Crippen LogP contribution in [0.25, 0.3) is 0 Å². The molecule has 2 rings (SSSR count). The Kier molecular flexibility index (Phi) is 5.14. The Bertz CT molecular complexity index is 495. The molecule has 5 nitrogen and oxygen atoms in total. The van der Waals surface area contributed by atoms with E-state index in [2.05, 4.69) is 5.32 Å². The molecule has 1 aliphatic rings. The van der Waals surface area contributed by atoms with E-state index < -0.39 is 5.97 Å². The molecule has 0 aliphatic heterocycles. The summed E-state index contributed by atoms with van der Waals surface area (Å²) in [5.74, 6) is -1.24. The number of carbonyl (C=O) groups excluding carboxylic acids is 1. The van der Waals surface area contributed by atoms with Crippen LogP contribution < -0.4 is 10.1 Å². The summed E-state index contributed by atoms with van der Waals surface area (Å²) in [5.41, 5.74) is 0. The van der Waals surface area contributed by atoms with Crippen molar-refractivity contribution in [2.45, 2.75) is 31.7 Å². The lowest BCUT2D eigenvalue weighted by atomic mass is 9.86. The van der Waals surface area contributed by atoms with Crippen molar-refractivity contribution in [1.29, 1.82) is 0 Å². The second-order valence-electron chi connectivity index (χ2n) is 5.20. The Morgan fingerprint density at radius 3 is 2.38 bits per heavy atom. The molecule has 1 aromatic carbocycles. The molecule has 0 radical (unpaired) electrons. The van der Waals surface area contributed by atoms with Crippen molar-refractivity contribution in [3.8, 4) is 5.75 Å². The summed E-state index contributed by atoms with van der Waals surface area (Å²) in [5, 5.41) is 11.7. The summed E-state index contributed by atoms with van der Waals surface area (Å²) in [7, 11) is 0. The third-order valence-electron chi connectivity index (χ3n) is 3.63. The van der Waals surface area contributed by atoms with E-state index in [1.54, 1.807) is 0 Å². The molecule has 2 N–H and O–H groups in total. The van der Waals surface area contributed by atoms with Crippen LogP contribution >= 0.6 is 0 Å². The maximum absolute atomic E-state index is 12.7. The van der Waals surface area contributed by atoms with E-state index in [0.29, 0.717) is 31.4 Å². The summed E-state index contributed by atoms with van der Waals surface area (Å²) >= 11 is 0. The lowest BCUT2D eigenvalue weighted by Crippen LogP contribution is -2.40. The van der Waals surface area contributed by atoms with Gasteiger partial charge < -0.3 is 15.2 Å². The normalized spacial score (nSPS) is 21.6. The molecular formula is C15H18FNO4. The van der Waals surface area contributed by atoms with Gasteiger partial charge in [0.1, 0.15) is 11.6 Å². The Morgan fingerprint density at radius 1 is 1.19 bits per heavy atom. The van der Waals surface area contributed by atoms with Gasteiger partial charge in [-0.2, -0.15) is 0 Å². The molecule has 0 bridgehead atoms. The number of hydrogen-bond acceptors (Lipinski definition) is 3. The van der Waals surface area contributed by atoms with E-state index in [9.17, 15) is 14.0 Å². The minimum absolute atomic E-state index is 0.00455. The minimum atomic E-state index is -0.764. The van der Waals surface area contributed by atoms with Crippen LogP contribution in [0.2, 0.25) is 0 Å². The maximum atomic E-state index is 12.7. The molecule has 114 valence electrons. The molecule has 1 aromatic rings. The predicted molar refractivity (Wildman–Crippen MR) is 73.4 cm³/mol. The number of benzene rings is 1. The van der Waals surface area contributed by atoms with Crippen LogP contribution in [0.3, 0.4) is 0 Å². The van der Waals surface area contributed by atoms with Crippen LogP contribution in [0, 0.1) is 11.7 Å². The lowest BCUT2D eigenvalue weighted by Gasteiger charge is -2.26. The first kappa shape index (κ1) is 15.3. The van der Waals surface area contributed by atoms with Crippen LogP contribution in [-0.4, -0.2) is 29.6 Å². The highest BCUT2D eigenvalue weighted by Crippen LogP contribution is 2.24. The zero-order chi connectivity index (χ0) is 15.2. The molecule has 0 aromatic heterocycles. The lowest BCUT2D eigenvalue weighted by molar-refractivity contribution is -0.142. The average molecular weight is 295 g/mol. The number of carboxylic acid groups (broad SMARTS) is 1. The predicted octanol–water partition coefficient (Wildman–Crippen LogP) is 1.96. The molecular weight excluding hydrogens is 277 g/mol. The fraction of sp³-hybridized carbons (Fsp3) is 0.467. The van der Waals surface area contributed by atoms with Crippen LogP contribution in [0.1, 0.15) is 25.7 Å². The molecule has 6 heteroatoms. The van der Waals surface area contributed by atoms with Gasteiger partial charge >= 0.3 is 5.97 Å². The summed E-state index contributed by atoms with van der Waals surface area (Å²) < 4.78 is 18.0. The van der Waals surface area contributed by atoms with Crippen LogP contribution in [0.15, 0.2) is 24.3 Å². The SMILES string of the molecule is O=C(COc1ccc(F)cc1)NC1CCC(C(=O)O)CC1. The maximum Gasteiger partial charge on any atom is 0.306 e. The molecule has 0 unspecified atom stereocenters. The van der Waals surface area contributed by atoms with Crippen molar-refractivity contribution < 1.29 is 23.8 Å². The summed E-state index contributed by atoms with van der Waals surface area (Å²) in [6.45, 7) is -0.134. The number of nitrogens with one attached hydrogen (secondary N) is 1. The number of aliphatic carboxylic acids is 1. The number of carboxylic acids is 1. The van der Waals surface area contributed by atoms with E-state index in [1.165, 1.54) is 24.3 Å². The Labute approximate surface area is 122 Å². The third-order valence-corrected chi connectivity index (χ3v) is 3.63. The Balaban J connectivity index is 1.70. The highest BCUT2D eigenvalue weighted by Gasteiger charge is 2.26. The largest absolute Gasteiger partial charge is 0.484 e. The second kappa shape index (κ2) is 7.06. The van der Waals surface area contributed by atoms with Crippen LogP contribution in [0.4, 0.5) is 4.39 Å². The standard InChI is InChI=1S/C15H18FNO4/c16-11-3-7-13(8-4-11)21-9-14(18)17-12-5-1-10(2-6-12)15(19)20/h3-4,7-8,10,12H,1-2,5-6,9H2,(H,17,18)(H,19,20). The third kappa shape index (κ3) is 4.73. The van der Waals surface area contributed by atoms with Gasteiger partial charge in [0.15, 0.2) is 6.61 Å². The summed E-state index contributed by atoms with van der Waals surface area (Å²) in [4.78, 5) is 22.6. The Morgan fingerprint density at radius 2 is 1.81 bits per heavy atom. The first-order chi connectivity index (χ1) is 10.0. The fourth-order valence-corrected chi connectivity index (χ4v) is 2.43. The molecule has 1 fully saturated rings. The summed E-state index contributed by atoms with van der Waals surface area (Å²) in [6.07, 6.45) is 2.50. The molecule has 1 aliphatic carbocycles. The van der Waals surface area contributed by atoms with E-state index in [-0.39, 0.29) is 30.3 Å². The Hall–Kier alpha value is -2.11. The van der Waals surface area contributed by atoms with Crippen molar-refractivity contribution in [2.24, 2.45) is 5.92 Å². The first-order valence-electron chi connectivity index (χ1n) is 6.95. The van der Waals surface area contributed by atoms with Gasteiger partial charge in [0.2, 0.25) is 0 Å². The van der Waals surface area contributed by atoms with Gasteiger partial charge in [-0.05, 0) is 49.9 Å². The molecule has 0 atom stereocenters. The monoisotopic (exact) mass is 295 g/mol. The second-order valence-corrected chi connectivity index (χ2v) is 5.20. The highest BCUT2D eigenvalue weighted by molar-refractivity contribution is 5.78. The van der Waals surface area contributed by atoms with Gasteiger partial charge in [0.25, 0.3) is 5.91 Å². The van der Waals surface area contributed by atoms with Gasteiger partial charge in [0, 0.05) is 6.04 Å². The number of hydrogen-bond donors (Lipinski definition) is 2. The van der Waals surface area contributed by atoms with Crippen molar-refractivity contribution >= 4 is 11.9 Å². The molecule has 0 saturated heterocycles. The molecule has 1 amide bonds. The van der Waals surface area contributed by atoms with Gasteiger partial charge in [-0.3, -0.25) is 9.59 Å². The van der Waals surface area contributed by atoms with Crippen LogP contribution in [-0.2, 0) is 9.59 Å². The topological polar surface area (TPSA) is 75.6 Å². The molecule has 1 saturated carbocycles. The van der Waals surface area contributed by atoms with E-state index in [4.69, 9.17) is 9.84 Å². The number of halogens is 1. The van der Waals surface area contributed by atoms with Gasteiger partial charge in [-0.15, -0.1) is 0 Å². The van der Waals surface area contributed by atoms with Crippen molar-refractivity contribution in [1.82, 2.24) is 5.32 Å².